The molecule has 0 saturated heterocycles. The lowest BCUT2D eigenvalue weighted by Crippen LogP contribution is -2.34. The Bertz CT molecular complexity index is 1960. The first kappa shape index (κ1) is 36.1. The number of benzene rings is 3. The molecular weight excluding hydrogens is 673 g/mol. The Hall–Kier alpha value is -5.20. The number of thioether (sulfide) groups is 1. The number of hydrogen-bond donors (Lipinski definition) is 3. The van der Waals surface area contributed by atoms with Crippen molar-refractivity contribution in [2.45, 2.75) is 50.3 Å². The van der Waals surface area contributed by atoms with Crippen LogP contribution in [0.1, 0.15) is 62.6 Å². The Balaban J connectivity index is 1.32. The first-order valence-electron chi connectivity index (χ1n) is 16.1. The lowest BCUT2D eigenvalue weighted by atomic mass is 10.0. The molecule has 3 N–H and O–H groups in total. The van der Waals surface area contributed by atoms with E-state index in [2.05, 4.69) is 16.0 Å². The van der Waals surface area contributed by atoms with Gasteiger partial charge >= 0.3 is 5.97 Å². The molecule has 1 aromatic heterocycles. The van der Waals surface area contributed by atoms with E-state index in [0.717, 1.165) is 26.5 Å². The van der Waals surface area contributed by atoms with Crippen LogP contribution in [0.3, 0.4) is 0 Å². The molecule has 4 aromatic rings. The quantitative estimate of drug-likeness (QED) is 0.0900. The first-order chi connectivity index (χ1) is 24.1. The van der Waals surface area contributed by atoms with Gasteiger partial charge in [0.05, 0.1) is 24.5 Å². The van der Waals surface area contributed by atoms with E-state index in [1.807, 2.05) is 50.2 Å². The normalized spacial score (nSPS) is 13.1. The van der Waals surface area contributed by atoms with Crippen molar-refractivity contribution in [1.82, 2.24) is 10.2 Å². The van der Waals surface area contributed by atoms with E-state index in [4.69, 9.17) is 4.74 Å². The number of ether oxygens (including phenoxy) is 1. The molecule has 1 aliphatic rings. The molecule has 1 aliphatic heterocycles. The van der Waals surface area contributed by atoms with Crippen LogP contribution in [0.25, 0.3) is 6.08 Å². The number of aryl methyl sites for hydroxylation is 1. The van der Waals surface area contributed by atoms with Gasteiger partial charge in [-0.05, 0) is 67.3 Å². The summed E-state index contributed by atoms with van der Waals surface area (Å²) in [6.07, 6.45) is 2.61. The van der Waals surface area contributed by atoms with Gasteiger partial charge in [-0.3, -0.25) is 19.2 Å². The van der Waals surface area contributed by atoms with Gasteiger partial charge in [-0.15, -0.1) is 23.1 Å². The molecule has 1 unspecified atom stereocenters. The SMILES string of the molecule is CCC(Sc1cccc(NC(=O)/C(=C\c2cccc(C)c2)NC(=O)c2ccccc2)c1)C(=O)Nc1sc2c(c1C(=O)OC)CCN(C(C)=O)C2. The second kappa shape index (κ2) is 16.5. The van der Waals surface area contributed by atoms with E-state index in [-0.39, 0.29) is 17.5 Å². The van der Waals surface area contributed by atoms with Crippen molar-refractivity contribution in [1.29, 1.82) is 0 Å². The van der Waals surface area contributed by atoms with E-state index in [1.165, 1.54) is 37.1 Å². The van der Waals surface area contributed by atoms with Crippen molar-refractivity contribution >= 4 is 69.5 Å². The van der Waals surface area contributed by atoms with E-state index < -0.39 is 23.0 Å². The van der Waals surface area contributed by atoms with Crippen LogP contribution in [0.15, 0.2) is 89.5 Å². The maximum absolute atomic E-state index is 13.6. The molecule has 0 bridgehead atoms. The summed E-state index contributed by atoms with van der Waals surface area (Å²) >= 11 is 2.61. The Morgan fingerprint density at radius 3 is 2.44 bits per heavy atom. The molecule has 12 heteroatoms. The van der Waals surface area contributed by atoms with Gasteiger partial charge in [0.1, 0.15) is 10.7 Å². The lowest BCUT2D eigenvalue weighted by molar-refractivity contribution is -0.129. The average Bonchev–Trinajstić information content (AvgIpc) is 3.47. The van der Waals surface area contributed by atoms with Crippen LogP contribution in [0.5, 0.6) is 0 Å². The standard InChI is InChI=1S/C38H38N4O6S2/c1-5-31(36(46)41-37-33(38(47)48-4)29-17-18-42(24(3)43)22-32(29)50-37)49-28-16-10-15-27(21-28)39-35(45)30(20-25-12-9-11-23(2)19-25)40-34(44)26-13-7-6-8-14-26/h6-16,19-21,31H,5,17-18,22H2,1-4H3,(H,39,45)(H,40,44)(H,41,46)/b30-20+. The third kappa shape index (κ3) is 8.87. The van der Waals surface area contributed by atoms with Crippen LogP contribution in [0.4, 0.5) is 10.7 Å². The molecule has 0 radical (unpaired) electrons. The van der Waals surface area contributed by atoms with Gasteiger partial charge in [-0.1, -0.05) is 61.0 Å². The third-order valence-electron chi connectivity index (χ3n) is 8.04. The zero-order chi connectivity index (χ0) is 35.8. The number of anilines is 2. The van der Waals surface area contributed by atoms with Crippen LogP contribution in [0.2, 0.25) is 0 Å². The van der Waals surface area contributed by atoms with Crippen LogP contribution in [-0.2, 0) is 32.1 Å². The number of esters is 1. The molecule has 4 amide bonds. The predicted octanol–water partition coefficient (Wildman–Crippen LogP) is 6.67. The highest BCUT2D eigenvalue weighted by atomic mass is 32.2. The zero-order valence-electron chi connectivity index (χ0n) is 28.2. The highest BCUT2D eigenvalue weighted by Gasteiger charge is 2.31. The summed E-state index contributed by atoms with van der Waals surface area (Å²) in [7, 11) is 1.30. The largest absolute Gasteiger partial charge is 0.465 e. The van der Waals surface area contributed by atoms with Gasteiger partial charge in [0.2, 0.25) is 11.8 Å². The number of nitrogens with one attached hydrogen (secondary N) is 3. The molecule has 5 rings (SSSR count). The number of amides is 4. The van der Waals surface area contributed by atoms with E-state index in [0.29, 0.717) is 47.7 Å². The minimum absolute atomic E-state index is 0.0504. The fraction of sp³-hybridized carbons (Fsp3) is 0.237. The van der Waals surface area contributed by atoms with Gasteiger partial charge in [0.25, 0.3) is 11.8 Å². The van der Waals surface area contributed by atoms with Gasteiger partial charge in [0, 0.05) is 34.5 Å². The molecule has 2 heterocycles. The highest BCUT2D eigenvalue weighted by Crippen LogP contribution is 2.38. The number of carbonyl (C=O) groups is 5. The Morgan fingerprint density at radius 2 is 1.74 bits per heavy atom. The number of thiophene rings is 1. The fourth-order valence-corrected chi connectivity index (χ4v) is 7.74. The van der Waals surface area contributed by atoms with Crippen molar-refractivity contribution < 1.29 is 28.7 Å². The summed E-state index contributed by atoms with van der Waals surface area (Å²) in [6.45, 7) is 6.21. The minimum atomic E-state index is -0.533. The summed E-state index contributed by atoms with van der Waals surface area (Å²) in [5.74, 6) is -1.80. The van der Waals surface area contributed by atoms with E-state index in [1.54, 1.807) is 53.4 Å². The smallest absolute Gasteiger partial charge is 0.341 e. The molecule has 1 atom stereocenters. The maximum Gasteiger partial charge on any atom is 0.341 e. The summed E-state index contributed by atoms with van der Waals surface area (Å²) in [4.78, 5) is 68.3. The molecule has 0 saturated carbocycles. The number of nitrogens with zero attached hydrogens (tertiary/aromatic N) is 1. The topological polar surface area (TPSA) is 134 Å². The monoisotopic (exact) mass is 710 g/mol. The second-order valence-electron chi connectivity index (χ2n) is 11.7. The molecular formula is C38H38N4O6S2. The molecule has 0 spiro atoms. The molecule has 0 fully saturated rings. The molecule has 10 nitrogen and oxygen atoms in total. The number of carbonyl (C=O) groups excluding carboxylic acids is 5. The van der Waals surface area contributed by atoms with Crippen molar-refractivity contribution in [3.05, 3.63) is 117 Å². The summed E-state index contributed by atoms with van der Waals surface area (Å²) in [5.41, 5.74) is 3.86. The van der Waals surface area contributed by atoms with Gasteiger partial charge < -0.3 is 25.6 Å². The van der Waals surface area contributed by atoms with Crippen molar-refractivity contribution in [3.8, 4) is 0 Å². The van der Waals surface area contributed by atoms with Crippen LogP contribution in [0, 0.1) is 6.92 Å². The Morgan fingerprint density at radius 1 is 0.980 bits per heavy atom. The number of fused-ring (bicyclic) bond motifs is 1. The fourth-order valence-electron chi connectivity index (χ4n) is 5.47. The van der Waals surface area contributed by atoms with Crippen molar-refractivity contribution in [3.63, 3.8) is 0 Å². The number of rotatable bonds is 11. The molecule has 258 valence electrons. The van der Waals surface area contributed by atoms with Crippen LogP contribution >= 0.6 is 23.1 Å². The van der Waals surface area contributed by atoms with Gasteiger partial charge in [-0.2, -0.15) is 0 Å². The Labute approximate surface area is 299 Å². The third-order valence-corrected chi connectivity index (χ3v) is 10.5. The minimum Gasteiger partial charge on any atom is -0.465 e. The summed E-state index contributed by atoms with van der Waals surface area (Å²) in [6, 6.07) is 23.4. The predicted molar refractivity (Wildman–Crippen MR) is 197 cm³/mol. The molecule has 0 aliphatic carbocycles. The number of methoxy groups -OCH3 is 1. The Kier molecular flexibility index (Phi) is 11.9. The zero-order valence-corrected chi connectivity index (χ0v) is 29.8. The van der Waals surface area contributed by atoms with Crippen molar-refractivity contribution in [2.75, 3.05) is 24.3 Å². The van der Waals surface area contributed by atoms with E-state index >= 15 is 0 Å². The van der Waals surface area contributed by atoms with Crippen molar-refractivity contribution in [2.24, 2.45) is 0 Å². The van der Waals surface area contributed by atoms with Crippen LogP contribution in [-0.4, -0.2) is 53.4 Å². The van der Waals surface area contributed by atoms with Gasteiger partial charge in [0.15, 0.2) is 0 Å². The average molecular weight is 711 g/mol. The van der Waals surface area contributed by atoms with Gasteiger partial charge in [-0.25, -0.2) is 4.79 Å². The van der Waals surface area contributed by atoms with Crippen LogP contribution < -0.4 is 16.0 Å². The molecule has 3 aromatic carbocycles. The lowest BCUT2D eigenvalue weighted by Gasteiger charge is -2.25. The molecule has 50 heavy (non-hydrogen) atoms. The first-order valence-corrected chi connectivity index (χ1v) is 17.8. The maximum atomic E-state index is 13.6. The summed E-state index contributed by atoms with van der Waals surface area (Å²) < 4.78 is 5.05. The number of hydrogen-bond acceptors (Lipinski definition) is 8. The highest BCUT2D eigenvalue weighted by molar-refractivity contribution is 8.00. The van der Waals surface area contributed by atoms with E-state index in [9.17, 15) is 24.0 Å². The second-order valence-corrected chi connectivity index (χ2v) is 14.0. The summed E-state index contributed by atoms with van der Waals surface area (Å²) in [5, 5.41) is 8.48.